The van der Waals surface area contributed by atoms with Crippen LogP contribution in [0.3, 0.4) is 0 Å². The second-order valence-electron chi connectivity index (χ2n) is 8.23. The number of hydrogen-bond acceptors (Lipinski definition) is 6. The molecule has 0 unspecified atom stereocenters. The topological polar surface area (TPSA) is 72.4 Å². The minimum absolute atomic E-state index is 0.125. The van der Waals surface area contributed by atoms with Crippen LogP contribution in [0.15, 0.2) is 17.1 Å². The number of carbonyl (C=O) groups excluding carboxylic acids is 1. The fourth-order valence-corrected chi connectivity index (χ4v) is 3.68. The third-order valence-electron chi connectivity index (χ3n) is 5.01. The fraction of sp³-hybridized carbons (Fsp3) is 0.619. The number of benzene rings is 1. The van der Waals surface area contributed by atoms with Crippen molar-refractivity contribution in [2.45, 2.75) is 51.7 Å². The predicted molar refractivity (Wildman–Crippen MR) is 109 cm³/mol. The van der Waals surface area contributed by atoms with Gasteiger partial charge in [-0.2, -0.15) is 0 Å². The maximum absolute atomic E-state index is 12.0. The van der Waals surface area contributed by atoms with E-state index in [1.807, 2.05) is 26.8 Å². The second-order valence-corrected chi connectivity index (χ2v) is 8.23. The smallest absolute Gasteiger partial charge is 0.407 e. The zero-order valence-electron chi connectivity index (χ0n) is 17.5. The van der Waals surface area contributed by atoms with Crippen LogP contribution in [0.5, 0.6) is 11.5 Å². The molecule has 28 heavy (non-hydrogen) atoms. The van der Waals surface area contributed by atoms with Gasteiger partial charge in [-0.1, -0.05) is 0 Å². The fourth-order valence-electron chi connectivity index (χ4n) is 3.68. The summed E-state index contributed by atoms with van der Waals surface area (Å²) < 4.78 is 16.3. The van der Waals surface area contributed by atoms with Gasteiger partial charge in [-0.25, -0.2) is 4.79 Å². The first-order chi connectivity index (χ1) is 13.3. The number of nitrogens with zero attached hydrogens (tertiary/aromatic N) is 2. The van der Waals surface area contributed by atoms with Crippen molar-refractivity contribution >= 4 is 11.9 Å². The summed E-state index contributed by atoms with van der Waals surface area (Å²) in [4.78, 5) is 19.1. The number of hydrogen-bond donors (Lipinski definition) is 1. The van der Waals surface area contributed by atoms with E-state index in [1.165, 1.54) is 5.56 Å². The van der Waals surface area contributed by atoms with Crippen molar-refractivity contribution in [3.63, 3.8) is 0 Å². The van der Waals surface area contributed by atoms with E-state index < -0.39 is 5.60 Å². The molecular weight excluding hydrogens is 358 g/mol. The van der Waals surface area contributed by atoms with Gasteiger partial charge in [0.15, 0.2) is 11.5 Å². The molecule has 0 spiro atoms. The molecule has 1 aromatic rings. The van der Waals surface area contributed by atoms with Gasteiger partial charge in [0.2, 0.25) is 0 Å². The van der Waals surface area contributed by atoms with Crippen LogP contribution in [-0.4, -0.2) is 62.3 Å². The van der Waals surface area contributed by atoms with E-state index in [1.54, 1.807) is 14.2 Å². The molecule has 7 heteroatoms. The molecule has 1 aromatic carbocycles. The number of piperidine rings is 1. The predicted octanol–water partition coefficient (Wildman–Crippen LogP) is 3.00. The first kappa shape index (κ1) is 20.3. The number of amides is 1. The molecule has 0 bridgehead atoms. The summed E-state index contributed by atoms with van der Waals surface area (Å²) in [5.41, 5.74) is 1.87. The molecule has 2 aliphatic rings. The van der Waals surface area contributed by atoms with Gasteiger partial charge in [0.1, 0.15) is 11.4 Å². The van der Waals surface area contributed by atoms with E-state index in [9.17, 15) is 4.79 Å². The van der Waals surface area contributed by atoms with Crippen LogP contribution in [0.4, 0.5) is 4.79 Å². The standard InChI is InChI=1S/C21H31N3O4/c1-21(2,3)28-20(25)23-15-7-10-24(11-8-15)19-16-13-18(27-5)17(26-4)12-14(16)6-9-22-19/h12-13,15H,6-11H2,1-5H3,(H,23,25). The van der Waals surface area contributed by atoms with Gasteiger partial charge in [0, 0.05) is 31.2 Å². The van der Waals surface area contributed by atoms with Crippen molar-refractivity contribution in [3.8, 4) is 11.5 Å². The molecule has 0 atom stereocenters. The number of likely N-dealkylation sites (tertiary alicyclic amines) is 1. The van der Waals surface area contributed by atoms with Crippen LogP contribution in [0.1, 0.15) is 44.7 Å². The summed E-state index contributed by atoms with van der Waals surface area (Å²) in [6.45, 7) is 8.07. The highest BCUT2D eigenvalue weighted by atomic mass is 16.6. The molecule has 0 aromatic heterocycles. The monoisotopic (exact) mass is 389 g/mol. The summed E-state index contributed by atoms with van der Waals surface area (Å²) >= 11 is 0. The first-order valence-electron chi connectivity index (χ1n) is 9.85. The third kappa shape index (κ3) is 4.69. The van der Waals surface area contributed by atoms with Crippen LogP contribution in [0.2, 0.25) is 0 Å². The van der Waals surface area contributed by atoms with E-state index in [2.05, 4.69) is 16.3 Å². The molecule has 154 valence electrons. The normalized spacial score (nSPS) is 17.5. The van der Waals surface area contributed by atoms with Crippen LogP contribution in [0, 0.1) is 0 Å². The quantitative estimate of drug-likeness (QED) is 0.860. The number of aliphatic imine (C=N–C) groups is 1. The van der Waals surface area contributed by atoms with Crippen molar-refractivity contribution in [1.82, 2.24) is 10.2 Å². The van der Waals surface area contributed by atoms with Crippen LogP contribution >= 0.6 is 0 Å². The average Bonchev–Trinajstić information content (AvgIpc) is 2.65. The summed E-state index contributed by atoms with van der Waals surface area (Å²) in [5, 5.41) is 2.99. The molecule has 2 heterocycles. The maximum atomic E-state index is 12.0. The van der Waals surface area contributed by atoms with E-state index in [0.29, 0.717) is 0 Å². The van der Waals surface area contributed by atoms with Crippen LogP contribution in [-0.2, 0) is 11.2 Å². The molecular formula is C21H31N3O4. The Kier molecular flexibility index (Phi) is 6.01. The van der Waals surface area contributed by atoms with Crippen molar-refractivity contribution in [3.05, 3.63) is 23.3 Å². The minimum Gasteiger partial charge on any atom is -0.493 e. The van der Waals surface area contributed by atoms with Gasteiger partial charge in [-0.3, -0.25) is 4.99 Å². The molecule has 1 saturated heterocycles. The largest absolute Gasteiger partial charge is 0.493 e. The first-order valence-corrected chi connectivity index (χ1v) is 9.85. The molecule has 3 rings (SSSR count). The molecule has 1 N–H and O–H groups in total. The Hall–Kier alpha value is -2.44. The summed E-state index contributed by atoms with van der Waals surface area (Å²) in [7, 11) is 3.31. The lowest BCUT2D eigenvalue weighted by atomic mass is 9.97. The molecule has 1 amide bonds. The Balaban J connectivity index is 1.66. The number of nitrogens with one attached hydrogen (secondary N) is 1. The second kappa shape index (κ2) is 8.29. The lowest BCUT2D eigenvalue weighted by molar-refractivity contribution is 0.0488. The lowest BCUT2D eigenvalue weighted by Gasteiger charge is -2.36. The zero-order valence-corrected chi connectivity index (χ0v) is 17.5. The van der Waals surface area contributed by atoms with Gasteiger partial charge < -0.3 is 24.4 Å². The number of amidine groups is 1. The Bertz CT molecular complexity index is 747. The summed E-state index contributed by atoms with van der Waals surface area (Å²) in [6.07, 6.45) is 2.28. The SMILES string of the molecule is COc1cc2c(cc1OC)C(N1CCC(NC(=O)OC(C)(C)C)CC1)=NCC2. The molecule has 0 aliphatic carbocycles. The van der Waals surface area contributed by atoms with Crippen LogP contribution < -0.4 is 14.8 Å². The molecule has 0 radical (unpaired) electrons. The highest BCUT2D eigenvalue weighted by Crippen LogP contribution is 2.33. The van der Waals surface area contributed by atoms with Gasteiger partial charge in [-0.15, -0.1) is 0 Å². The average molecular weight is 389 g/mol. The number of ether oxygens (including phenoxy) is 3. The van der Waals surface area contributed by atoms with Crippen LogP contribution in [0.25, 0.3) is 0 Å². The third-order valence-corrected chi connectivity index (χ3v) is 5.01. The Labute approximate surface area is 167 Å². The number of fused-ring (bicyclic) bond motifs is 1. The molecule has 2 aliphatic heterocycles. The van der Waals surface area contributed by atoms with Crippen molar-refractivity contribution < 1.29 is 19.0 Å². The summed E-state index contributed by atoms with van der Waals surface area (Å²) in [6, 6.07) is 4.21. The molecule has 1 fully saturated rings. The Morgan fingerprint density at radius 3 is 2.39 bits per heavy atom. The highest BCUT2D eigenvalue weighted by Gasteiger charge is 2.28. The number of alkyl carbamates (subject to hydrolysis) is 1. The van der Waals surface area contributed by atoms with E-state index >= 15 is 0 Å². The number of methoxy groups -OCH3 is 2. The van der Waals surface area contributed by atoms with Crippen molar-refractivity contribution in [1.29, 1.82) is 0 Å². The molecule has 0 saturated carbocycles. The maximum Gasteiger partial charge on any atom is 0.407 e. The van der Waals surface area contributed by atoms with Gasteiger partial charge in [-0.05, 0) is 57.7 Å². The zero-order chi connectivity index (χ0) is 20.3. The van der Waals surface area contributed by atoms with E-state index in [-0.39, 0.29) is 12.1 Å². The van der Waals surface area contributed by atoms with Gasteiger partial charge >= 0.3 is 6.09 Å². The Morgan fingerprint density at radius 2 is 1.79 bits per heavy atom. The number of rotatable bonds is 3. The van der Waals surface area contributed by atoms with Crippen molar-refractivity contribution in [2.24, 2.45) is 4.99 Å². The summed E-state index contributed by atoms with van der Waals surface area (Å²) in [5.74, 6) is 2.48. The van der Waals surface area contributed by atoms with Gasteiger partial charge in [0.25, 0.3) is 0 Å². The number of carbonyl (C=O) groups is 1. The minimum atomic E-state index is -0.481. The highest BCUT2D eigenvalue weighted by molar-refractivity contribution is 6.01. The van der Waals surface area contributed by atoms with Crippen molar-refractivity contribution in [2.75, 3.05) is 33.9 Å². The van der Waals surface area contributed by atoms with E-state index in [0.717, 1.165) is 61.8 Å². The van der Waals surface area contributed by atoms with Gasteiger partial charge in [0.05, 0.1) is 14.2 Å². The Morgan fingerprint density at radius 1 is 1.14 bits per heavy atom. The molecule has 7 nitrogen and oxygen atoms in total. The van der Waals surface area contributed by atoms with E-state index in [4.69, 9.17) is 19.2 Å². The lowest BCUT2D eigenvalue weighted by Crippen LogP contribution is -2.48.